The van der Waals surface area contributed by atoms with Gasteiger partial charge in [0.05, 0.1) is 18.8 Å². The highest BCUT2D eigenvalue weighted by atomic mass is 19.1. The van der Waals surface area contributed by atoms with Crippen LogP contribution in [0.1, 0.15) is 24.5 Å². The zero-order chi connectivity index (χ0) is 12.9. The maximum absolute atomic E-state index is 12.9. The summed E-state index contributed by atoms with van der Waals surface area (Å²) in [5, 5.41) is 21.7. The van der Waals surface area contributed by atoms with Crippen LogP contribution >= 0.6 is 0 Å². The van der Waals surface area contributed by atoms with Crippen LogP contribution in [0.3, 0.4) is 0 Å². The van der Waals surface area contributed by atoms with Gasteiger partial charge in [-0.15, -0.1) is 0 Å². The van der Waals surface area contributed by atoms with E-state index in [9.17, 15) is 14.6 Å². The van der Waals surface area contributed by atoms with Gasteiger partial charge in [0.2, 0.25) is 0 Å². The molecule has 0 saturated carbocycles. The van der Waals surface area contributed by atoms with Crippen LogP contribution in [0, 0.1) is 12.7 Å². The van der Waals surface area contributed by atoms with Gasteiger partial charge < -0.3 is 15.5 Å². The van der Waals surface area contributed by atoms with Crippen molar-refractivity contribution in [2.75, 3.05) is 13.2 Å². The zero-order valence-corrected chi connectivity index (χ0v) is 10.3. The Morgan fingerprint density at radius 3 is 2.41 bits per heavy atom. The van der Waals surface area contributed by atoms with E-state index in [4.69, 9.17) is 0 Å². The number of halogens is 1. The first kappa shape index (κ1) is 14.1. The molecule has 0 bridgehead atoms. The molecule has 1 aromatic carbocycles. The van der Waals surface area contributed by atoms with Crippen molar-refractivity contribution >= 4 is 0 Å². The van der Waals surface area contributed by atoms with Crippen LogP contribution in [0.25, 0.3) is 0 Å². The molecule has 0 aliphatic carbocycles. The minimum absolute atomic E-state index is 0.125. The van der Waals surface area contributed by atoms with Gasteiger partial charge in [0, 0.05) is 6.54 Å². The summed E-state index contributed by atoms with van der Waals surface area (Å²) in [6.07, 6.45) is 0.625. The molecular formula is C13H20FNO2. The Labute approximate surface area is 101 Å². The monoisotopic (exact) mass is 241 g/mol. The lowest BCUT2D eigenvalue weighted by molar-refractivity contribution is 0.0863. The van der Waals surface area contributed by atoms with Gasteiger partial charge in [-0.1, -0.05) is 13.0 Å². The van der Waals surface area contributed by atoms with E-state index >= 15 is 0 Å². The summed E-state index contributed by atoms with van der Waals surface area (Å²) >= 11 is 0. The van der Waals surface area contributed by atoms with Crippen molar-refractivity contribution in [1.29, 1.82) is 0 Å². The van der Waals surface area contributed by atoms with Gasteiger partial charge in [0.1, 0.15) is 5.82 Å². The van der Waals surface area contributed by atoms with E-state index in [-0.39, 0.29) is 19.0 Å². The highest BCUT2D eigenvalue weighted by Gasteiger charge is 2.25. The van der Waals surface area contributed by atoms with Crippen molar-refractivity contribution in [3.05, 3.63) is 35.1 Å². The van der Waals surface area contributed by atoms with Crippen LogP contribution < -0.4 is 5.32 Å². The summed E-state index contributed by atoms with van der Waals surface area (Å²) in [5.41, 5.74) is 1.16. The van der Waals surface area contributed by atoms with Crippen molar-refractivity contribution in [3.8, 4) is 0 Å². The van der Waals surface area contributed by atoms with E-state index in [2.05, 4.69) is 5.32 Å². The number of nitrogens with one attached hydrogen (secondary N) is 1. The van der Waals surface area contributed by atoms with E-state index in [0.717, 1.165) is 11.1 Å². The first-order chi connectivity index (χ1) is 8.06. The number of aliphatic hydroxyl groups excluding tert-OH is 2. The molecule has 4 heteroatoms. The van der Waals surface area contributed by atoms with E-state index in [1.165, 1.54) is 12.1 Å². The zero-order valence-electron chi connectivity index (χ0n) is 10.3. The normalized spacial score (nSPS) is 11.8. The lowest BCUT2D eigenvalue weighted by Gasteiger charge is -2.30. The van der Waals surface area contributed by atoms with Crippen molar-refractivity contribution in [1.82, 2.24) is 5.32 Å². The van der Waals surface area contributed by atoms with Gasteiger partial charge in [-0.3, -0.25) is 0 Å². The number of hydrogen-bond donors (Lipinski definition) is 3. The lowest BCUT2D eigenvalue weighted by atomic mass is 9.97. The molecule has 0 aliphatic rings. The Morgan fingerprint density at radius 2 is 1.94 bits per heavy atom. The van der Waals surface area contributed by atoms with Crippen molar-refractivity contribution in [2.24, 2.45) is 0 Å². The van der Waals surface area contributed by atoms with Crippen LogP contribution in [0.5, 0.6) is 0 Å². The third-order valence-electron chi connectivity index (χ3n) is 3.24. The number of aryl methyl sites for hydroxylation is 1. The Bertz CT molecular complexity index is 356. The molecule has 0 spiro atoms. The number of rotatable bonds is 6. The minimum atomic E-state index is -0.666. The quantitative estimate of drug-likeness (QED) is 0.705. The maximum Gasteiger partial charge on any atom is 0.123 e. The number of hydrogen-bond acceptors (Lipinski definition) is 3. The number of aliphatic hydroxyl groups is 2. The molecule has 0 atom stereocenters. The standard InChI is InChI=1S/C13H20FNO2/c1-3-13(8-16,9-17)15-7-11-4-5-12(14)6-10(11)2/h4-6,15-17H,3,7-9H2,1-2H3. The van der Waals surface area contributed by atoms with E-state index in [1.54, 1.807) is 6.07 Å². The molecule has 3 N–H and O–H groups in total. The first-order valence-corrected chi connectivity index (χ1v) is 5.78. The predicted octanol–water partition coefficient (Wildman–Crippen LogP) is 1.36. The molecule has 0 saturated heterocycles. The molecule has 0 heterocycles. The van der Waals surface area contributed by atoms with E-state index in [0.29, 0.717) is 13.0 Å². The van der Waals surface area contributed by atoms with Crippen molar-refractivity contribution < 1.29 is 14.6 Å². The molecule has 0 radical (unpaired) electrons. The Kier molecular flexibility index (Phi) is 5.05. The second-order valence-corrected chi connectivity index (χ2v) is 4.37. The minimum Gasteiger partial charge on any atom is -0.394 e. The molecule has 0 amide bonds. The average Bonchev–Trinajstić information content (AvgIpc) is 2.33. The Hall–Kier alpha value is -0.970. The van der Waals surface area contributed by atoms with Gasteiger partial charge in [-0.05, 0) is 36.6 Å². The van der Waals surface area contributed by atoms with Crippen LogP contribution in [0.4, 0.5) is 4.39 Å². The van der Waals surface area contributed by atoms with Crippen LogP contribution in [-0.4, -0.2) is 29.0 Å². The molecular weight excluding hydrogens is 221 g/mol. The van der Waals surface area contributed by atoms with Gasteiger partial charge in [0.25, 0.3) is 0 Å². The highest BCUT2D eigenvalue weighted by molar-refractivity contribution is 5.26. The molecule has 0 aromatic heterocycles. The summed E-state index contributed by atoms with van der Waals surface area (Å²) in [4.78, 5) is 0. The summed E-state index contributed by atoms with van der Waals surface area (Å²) in [6, 6.07) is 4.60. The largest absolute Gasteiger partial charge is 0.394 e. The maximum atomic E-state index is 12.9. The predicted molar refractivity (Wildman–Crippen MR) is 65.2 cm³/mol. The van der Waals surface area contributed by atoms with Crippen molar-refractivity contribution in [2.45, 2.75) is 32.4 Å². The second-order valence-electron chi connectivity index (χ2n) is 4.37. The van der Waals surface area contributed by atoms with Crippen LogP contribution in [0.15, 0.2) is 18.2 Å². The Balaban J connectivity index is 2.72. The third-order valence-corrected chi connectivity index (χ3v) is 3.24. The molecule has 3 nitrogen and oxygen atoms in total. The topological polar surface area (TPSA) is 52.5 Å². The fourth-order valence-corrected chi connectivity index (χ4v) is 1.65. The number of benzene rings is 1. The fraction of sp³-hybridized carbons (Fsp3) is 0.538. The Morgan fingerprint density at radius 1 is 1.29 bits per heavy atom. The van der Waals surface area contributed by atoms with Gasteiger partial charge in [-0.25, -0.2) is 4.39 Å². The molecule has 0 fully saturated rings. The van der Waals surface area contributed by atoms with Crippen LogP contribution in [0.2, 0.25) is 0 Å². The molecule has 96 valence electrons. The lowest BCUT2D eigenvalue weighted by Crippen LogP contribution is -2.50. The SMILES string of the molecule is CCC(CO)(CO)NCc1ccc(F)cc1C. The second kappa shape index (κ2) is 6.10. The smallest absolute Gasteiger partial charge is 0.123 e. The summed E-state index contributed by atoms with van der Waals surface area (Å²) in [5.74, 6) is -0.252. The van der Waals surface area contributed by atoms with Gasteiger partial charge >= 0.3 is 0 Å². The molecule has 0 aliphatic heterocycles. The summed E-state index contributed by atoms with van der Waals surface area (Å²) in [7, 11) is 0. The first-order valence-electron chi connectivity index (χ1n) is 5.78. The van der Waals surface area contributed by atoms with Crippen molar-refractivity contribution in [3.63, 3.8) is 0 Å². The fourth-order valence-electron chi connectivity index (χ4n) is 1.65. The summed E-state index contributed by atoms with van der Waals surface area (Å²) < 4.78 is 12.9. The van der Waals surface area contributed by atoms with Gasteiger partial charge in [-0.2, -0.15) is 0 Å². The molecule has 0 unspecified atom stereocenters. The van der Waals surface area contributed by atoms with E-state index < -0.39 is 5.54 Å². The molecule has 1 rings (SSSR count). The molecule has 1 aromatic rings. The van der Waals surface area contributed by atoms with E-state index in [1.807, 2.05) is 13.8 Å². The van der Waals surface area contributed by atoms with Crippen LogP contribution in [-0.2, 0) is 6.54 Å². The third kappa shape index (κ3) is 3.49. The highest BCUT2D eigenvalue weighted by Crippen LogP contribution is 2.13. The summed E-state index contributed by atoms with van der Waals surface area (Å²) in [6.45, 7) is 3.99. The average molecular weight is 241 g/mol. The molecule has 17 heavy (non-hydrogen) atoms. The van der Waals surface area contributed by atoms with Gasteiger partial charge in [0.15, 0.2) is 0 Å².